The van der Waals surface area contributed by atoms with Gasteiger partial charge in [0.15, 0.2) is 6.79 Å². The highest BCUT2D eigenvalue weighted by Crippen LogP contribution is 2.58. The summed E-state index contributed by atoms with van der Waals surface area (Å²) in [5.41, 5.74) is -0.288. The summed E-state index contributed by atoms with van der Waals surface area (Å²) in [5, 5.41) is 8.90. The summed E-state index contributed by atoms with van der Waals surface area (Å²) in [7, 11) is 1.42. The average Bonchev–Trinajstić information content (AvgIpc) is 2.74. The molecule has 2 unspecified atom stereocenters. The van der Waals surface area contributed by atoms with E-state index in [1.54, 1.807) is 6.08 Å². The number of methoxy groups -OCH3 is 1. The van der Waals surface area contributed by atoms with Gasteiger partial charge in [-0.2, -0.15) is 0 Å². The zero-order valence-corrected chi connectivity index (χ0v) is 9.60. The Kier molecular flexibility index (Phi) is 3.70. The minimum atomic E-state index is -0.829. The smallest absolute Gasteiger partial charge is 0.332 e. The number of carboxylic acid groups (broad SMARTS) is 1. The molecule has 0 aliphatic heterocycles. The maximum absolute atomic E-state index is 11.1. The summed E-state index contributed by atoms with van der Waals surface area (Å²) in [6, 6.07) is 0. The van der Waals surface area contributed by atoms with Crippen LogP contribution in [0.5, 0.6) is 0 Å². The molecule has 90 valence electrons. The number of carbonyl (C=O) groups is 2. The number of hydrogen-bond acceptors (Lipinski definition) is 4. The fourth-order valence-electron chi connectivity index (χ4n) is 1.86. The molecule has 2 atom stereocenters. The Hall–Kier alpha value is -1.36. The molecule has 0 spiro atoms. The van der Waals surface area contributed by atoms with Crippen LogP contribution in [-0.4, -0.2) is 30.9 Å². The van der Waals surface area contributed by atoms with Gasteiger partial charge in [-0.15, -0.1) is 0 Å². The quantitative estimate of drug-likeness (QED) is 0.432. The molecule has 16 heavy (non-hydrogen) atoms. The predicted octanol–water partition coefficient (Wildman–Crippen LogP) is 1.05. The molecule has 0 heterocycles. The Morgan fingerprint density at radius 1 is 1.44 bits per heavy atom. The summed E-state index contributed by atoms with van der Waals surface area (Å²) in [6.07, 6.45) is 2.85. The minimum Gasteiger partial charge on any atom is -0.481 e. The Morgan fingerprint density at radius 3 is 2.50 bits per heavy atom. The van der Waals surface area contributed by atoms with Crippen molar-refractivity contribution in [2.24, 2.45) is 17.3 Å². The van der Waals surface area contributed by atoms with E-state index in [1.807, 2.05) is 13.8 Å². The van der Waals surface area contributed by atoms with Crippen molar-refractivity contribution in [2.45, 2.75) is 13.8 Å². The Balaban J connectivity index is 2.47. The Morgan fingerprint density at radius 2 is 2.06 bits per heavy atom. The van der Waals surface area contributed by atoms with Crippen LogP contribution in [0.3, 0.4) is 0 Å². The fraction of sp³-hybridized carbons (Fsp3) is 0.636. The van der Waals surface area contributed by atoms with E-state index in [2.05, 4.69) is 9.47 Å². The molecule has 0 radical (unpaired) electrons. The second-order valence-corrected chi connectivity index (χ2v) is 4.39. The molecule has 0 amide bonds. The van der Waals surface area contributed by atoms with E-state index >= 15 is 0 Å². The van der Waals surface area contributed by atoms with Crippen molar-refractivity contribution in [3.63, 3.8) is 0 Å². The first-order valence-electron chi connectivity index (χ1n) is 4.98. The van der Waals surface area contributed by atoms with Gasteiger partial charge in [-0.3, -0.25) is 4.79 Å². The largest absolute Gasteiger partial charge is 0.481 e. The number of rotatable bonds is 5. The molecule has 0 saturated heterocycles. The number of esters is 1. The maximum atomic E-state index is 11.1. The molecule has 1 aliphatic carbocycles. The topological polar surface area (TPSA) is 72.8 Å². The maximum Gasteiger partial charge on any atom is 0.332 e. The first-order chi connectivity index (χ1) is 7.41. The van der Waals surface area contributed by atoms with E-state index in [0.717, 1.165) is 0 Å². The van der Waals surface area contributed by atoms with E-state index < -0.39 is 17.9 Å². The summed E-state index contributed by atoms with van der Waals surface area (Å²) in [5.74, 6) is -1.88. The normalized spacial score (nSPS) is 26.7. The van der Waals surface area contributed by atoms with Gasteiger partial charge in [-0.1, -0.05) is 19.9 Å². The van der Waals surface area contributed by atoms with E-state index in [0.29, 0.717) is 0 Å². The zero-order chi connectivity index (χ0) is 12.3. The Bertz CT molecular complexity index is 318. The lowest BCUT2D eigenvalue weighted by molar-refractivity contribution is -0.148. The fourth-order valence-corrected chi connectivity index (χ4v) is 1.86. The number of ether oxygens (including phenoxy) is 2. The molecular formula is C11H16O5. The second-order valence-electron chi connectivity index (χ2n) is 4.39. The lowest BCUT2D eigenvalue weighted by Crippen LogP contribution is -2.04. The van der Waals surface area contributed by atoms with Gasteiger partial charge in [-0.25, -0.2) is 4.79 Å². The predicted molar refractivity (Wildman–Crippen MR) is 55.5 cm³/mol. The van der Waals surface area contributed by atoms with Gasteiger partial charge in [0.25, 0.3) is 0 Å². The van der Waals surface area contributed by atoms with Crippen LogP contribution in [0.2, 0.25) is 0 Å². The standard InChI is InChI=1S/C11H16O5/c1-11(2)7(9(11)10(13)14)4-5-8(12)16-6-15-3/h4-5,7,9H,6H2,1-3H3,(H,13,14)/b5-4-. The first-order valence-corrected chi connectivity index (χ1v) is 4.98. The van der Waals surface area contributed by atoms with Crippen molar-refractivity contribution in [1.82, 2.24) is 0 Å². The van der Waals surface area contributed by atoms with E-state index in [-0.39, 0.29) is 18.1 Å². The van der Waals surface area contributed by atoms with Crippen molar-refractivity contribution in [3.8, 4) is 0 Å². The van der Waals surface area contributed by atoms with Gasteiger partial charge in [-0.05, 0) is 11.3 Å². The van der Waals surface area contributed by atoms with Gasteiger partial charge in [0.2, 0.25) is 0 Å². The summed E-state index contributed by atoms with van der Waals surface area (Å²) < 4.78 is 9.20. The zero-order valence-electron chi connectivity index (χ0n) is 9.60. The summed E-state index contributed by atoms with van der Waals surface area (Å²) in [4.78, 5) is 21.9. The molecule has 0 bridgehead atoms. The molecule has 5 nitrogen and oxygen atoms in total. The molecule has 1 rings (SSSR count). The molecule has 0 aromatic rings. The highest BCUT2D eigenvalue weighted by Gasteiger charge is 2.60. The number of hydrogen-bond donors (Lipinski definition) is 1. The monoisotopic (exact) mass is 228 g/mol. The first kappa shape index (κ1) is 12.7. The number of allylic oxidation sites excluding steroid dienone is 1. The van der Waals surface area contributed by atoms with E-state index in [9.17, 15) is 9.59 Å². The van der Waals surface area contributed by atoms with Crippen LogP contribution in [0.1, 0.15) is 13.8 Å². The lowest BCUT2D eigenvalue weighted by Gasteiger charge is -1.98. The summed E-state index contributed by atoms with van der Waals surface area (Å²) >= 11 is 0. The molecule has 1 N–H and O–H groups in total. The van der Waals surface area contributed by atoms with Crippen molar-refractivity contribution in [1.29, 1.82) is 0 Å². The minimum absolute atomic E-state index is 0.0976. The molecule has 1 fully saturated rings. The van der Waals surface area contributed by atoms with Crippen LogP contribution in [-0.2, 0) is 19.1 Å². The third-order valence-electron chi connectivity index (χ3n) is 2.94. The molecule has 5 heteroatoms. The molecule has 1 saturated carbocycles. The van der Waals surface area contributed by atoms with Crippen LogP contribution in [0.4, 0.5) is 0 Å². The molecular weight excluding hydrogens is 212 g/mol. The Labute approximate surface area is 94.0 Å². The van der Waals surface area contributed by atoms with E-state index in [4.69, 9.17) is 5.11 Å². The molecule has 1 aliphatic rings. The van der Waals surface area contributed by atoms with Gasteiger partial charge >= 0.3 is 11.9 Å². The average molecular weight is 228 g/mol. The second kappa shape index (κ2) is 4.65. The van der Waals surface area contributed by atoms with Gasteiger partial charge in [0.05, 0.1) is 5.92 Å². The number of aliphatic carboxylic acids is 1. The molecule has 0 aromatic carbocycles. The van der Waals surface area contributed by atoms with Crippen LogP contribution in [0.15, 0.2) is 12.2 Å². The highest BCUT2D eigenvalue weighted by molar-refractivity contribution is 5.83. The third-order valence-corrected chi connectivity index (χ3v) is 2.94. The number of carbonyl (C=O) groups excluding carboxylic acids is 1. The summed E-state index contributed by atoms with van der Waals surface area (Å²) in [6.45, 7) is 3.63. The van der Waals surface area contributed by atoms with Crippen molar-refractivity contribution in [3.05, 3.63) is 12.2 Å². The van der Waals surface area contributed by atoms with Crippen LogP contribution in [0.25, 0.3) is 0 Å². The van der Waals surface area contributed by atoms with Crippen LogP contribution >= 0.6 is 0 Å². The van der Waals surface area contributed by atoms with Crippen LogP contribution < -0.4 is 0 Å². The lowest BCUT2D eigenvalue weighted by atomic mass is 10.1. The van der Waals surface area contributed by atoms with Crippen molar-refractivity contribution in [2.75, 3.05) is 13.9 Å². The molecule has 0 aromatic heterocycles. The van der Waals surface area contributed by atoms with Gasteiger partial charge in [0.1, 0.15) is 0 Å². The van der Waals surface area contributed by atoms with E-state index in [1.165, 1.54) is 13.2 Å². The van der Waals surface area contributed by atoms with Gasteiger partial charge < -0.3 is 14.6 Å². The van der Waals surface area contributed by atoms with Crippen LogP contribution in [0, 0.1) is 17.3 Å². The van der Waals surface area contributed by atoms with Gasteiger partial charge in [0, 0.05) is 13.2 Å². The highest BCUT2D eigenvalue weighted by atomic mass is 16.7. The van der Waals surface area contributed by atoms with Crippen molar-refractivity contribution < 1.29 is 24.2 Å². The SMILES string of the molecule is COCOC(=O)/C=C\C1C(C(=O)O)C1(C)C. The third kappa shape index (κ3) is 2.61. The number of carboxylic acids is 1. The van der Waals surface area contributed by atoms with Crippen molar-refractivity contribution >= 4 is 11.9 Å².